The van der Waals surface area contributed by atoms with E-state index in [-0.39, 0.29) is 5.92 Å². The molecule has 1 aliphatic heterocycles. The summed E-state index contributed by atoms with van der Waals surface area (Å²) in [6.07, 6.45) is 3.21. The molecule has 0 radical (unpaired) electrons. The third-order valence-electron chi connectivity index (χ3n) is 2.95. The third-order valence-corrected chi connectivity index (χ3v) is 3.33. The number of carboxylic acid groups (broad SMARTS) is 1. The zero-order valence-electron chi connectivity index (χ0n) is 9.56. The number of anilines is 1. The first-order valence-corrected chi connectivity index (χ1v) is 5.92. The van der Waals surface area contributed by atoms with E-state index in [1.54, 1.807) is 6.20 Å². The average Bonchev–Trinajstić information content (AvgIpc) is 2.33. The molecule has 1 atom stereocenters. The second kappa shape index (κ2) is 4.87. The lowest BCUT2D eigenvalue weighted by molar-refractivity contribution is -0.141. The smallest absolute Gasteiger partial charge is 0.308 e. The van der Waals surface area contributed by atoms with Gasteiger partial charge in [-0.05, 0) is 19.8 Å². The zero-order chi connectivity index (χ0) is 12.4. The number of halogens is 1. The quantitative estimate of drug-likeness (QED) is 0.816. The molecule has 0 saturated carbocycles. The van der Waals surface area contributed by atoms with E-state index in [1.807, 2.05) is 11.8 Å². The zero-order valence-corrected chi connectivity index (χ0v) is 10.3. The van der Waals surface area contributed by atoms with Crippen LogP contribution in [0.2, 0.25) is 5.15 Å². The molecule has 0 unspecified atom stereocenters. The lowest BCUT2D eigenvalue weighted by Gasteiger charge is -2.30. The van der Waals surface area contributed by atoms with Gasteiger partial charge in [0.2, 0.25) is 5.95 Å². The predicted molar refractivity (Wildman–Crippen MR) is 64.4 cm³/mol. The minimum Gasteiger partial charge on any atom is -0.481 e. The van der Waals surface area contributed by atoms with Gasteiger partial charge in [0.25, 0.3) is 0 Å². The van der Waals surface area contributed by atoms with Crippen LogP contribution in [0.15, 0.2) is 6.20 Å². The maximum atomic E-state index is 11.0. The molecule has 2 rings (SSSR count). The fraction of sp³-hybridized carbons (Fsp3) is 0.545. The van der Waals surface area contributed by atoms with Crippen molar-refractivity contribution in [2.24, 2.45) is 5.92 Å². The fourth-order valence-corrected chi connectivity index (χ4v) is 2.05. The largest absolute Gasteiger partial charge is 0.481 e. The Morgan fingerprint density at radius 3 is 3.06 bits per heavy atom. The molecule has 1 aromatic heterocycles. The van der Waals surface area contributed by atoms with Gasteiger partial charge in [-0.15, -0.1) is 0 Å². The number of hydrogen-bond acceptors (Lipinski definition) is 4. The first kappa shape index (κ1) is 12.1. The van der Waals surface area contributed by atoms with E-state index in [1.165, 1.54) is 0 Å². The molecule has 17 heavy (non-hydrogen) atoms. The van der Waals surface area contributed by atoms with Crippen LogP contribution in [0.1, 0.15) is 18.4 Å². The fourth-order valence-electron chi connectivity index (χ4n) is 1.93. The van der Waals surface area contributed by atoms with E-state index >= 15 is 0 Å². The summed E-state index contributed by atoms with van der Waals surface area (Å²) in [6, 6.07) is 0. The van der Waals surface area contributed by atoms with Crippen LogP contribution in [0.4, 0.5) is 5.95 Å². The normalized spacial score (nSPS) is 20.4. The lowest BCUT2D eigenvalue weighted by atomic mass is 9.99. The number of aromatic nitrogens is 2. The van der Waals surface area contributed by atoms with E-state index in [9.17, 15) is 4.79 Å². The molecule has 0 aliphatic carbocycles. The number of piperidine rings is 1. The average molecular weight is 256 g/mol. The summed E-state index contributed by atoms with van der Waals surface area (Å²) >= 11 is 5.94. The molecular weight excluding hydrogens is 242 g/mol. The second-order valence-electron chi connectivity index (χ2n) is 4.27. The van der Waals surface area contributed by atoms with E-state index < -0.39 is 5.97 Å². The van der Waals surface area contributed by atoms with Crippen LogP contribution >= 0.6 is 11.6 Å². The number of nitrogens with zero attached hydrogens (tertiary/aromatic N) is 3. The molecule has 1 N–H and O–H groups in total. The topological polar surface area (TPSA) is 66.3 Å². The van der Waals surface area contributed by atoms with Crippen LogP contribution in [0, 0.1) is 12.8 Å². The van der Waals surface area contributed by atoms with Crippen LogP contribution in [-0.2, 0) is 4.79 Å². The first-order valence-electron chi connectivity index (χ1n) is 5.55. The Balaban J connectivity index is 2.16. The van der Waals surface area contributed by atoms with E-state index in [0.29, 0.717) is 24.1 Å². The highest BCUT2D eigenvalue weighted by Gasteiger charge is 2.26. The standard InChI is InChI=1S/C11H14ClN3O2/c1-7-5-13-11(14-9(7)12)15-4-2-3-8(6-15)10(16)17/h5,8H,2-4,6H2,1H3,(H,16,17)/t8-/m1/s1. The molecule has 1 saturated heterocycles. The summed E-state index contributed by atoms with van der Waals surface area (Å²) in [4.78, 5) is 21.2. The minimum absolute atomic E-state index is 0.340. The SMILES string of the molecule is Cc1cnc(N2CCC[C@@H](C(=O)O)C2)nc1Cl. The van der Waals surface area contributed by atoms with Crippen LogP contribution in [0.3, 0.4) is 0 Å². The van der Waals surface area contributed by atoms with Gasteiger partial charge in [0.05, 0.1) is 5.92 Å². The lowest BCUT2D eigenvalue weighted by Crippen LogP contribution is -2.39. The van der Waals surface area contributed by atoms with E-state index in [4.69, 9.17) is 16.7 Å². The number of rotatable bonds is 2. The molecule has 0 aromatic carbocycles. The second-order valence-corrected chi connectivity index (χ2v) is 4.63. The Labute approximate surface area is 104 Å². The number of carbonyl (C=O) groups is 1. The molecule has 1 aromatic rings. The van der Waals surface area contributed by atoms with Crippen molar-refractivity contribution in [3.63, 3.8) is 0 Å². The Bertz CT molecular complexity index is 439. The molecule has 6 heteroatoms. The van der Waals surface area contributed by atoms with Crippen molar-refractivity contribution in [1.82, 2.24) is 9.97 Å². The number of aryl methyl sites for hydroxylation is 1. The summed E-state index contributed by atoms with van der Waals surface area (Å²) in [5.41, 5.74) is 0.821. The van der Waals surface area contributed by atoms with Crippen molar-refractivity contribution < 1.29 is 9.90 Å². The van der Waals surface area contributed by atoms with Gasteiger partial charge in [-0.3, -0.25) is 4.79 Å². The first-order chi connectivity index (χ1) is 8.08. The minimum atomic E-state index is -0.757. The Kier molecular flexibility index (Phi) is 3.47. The predicted octanol–water partition coefficient (Wildman–Crippen LogP) is 1.74. The third kappa shape index (κ3) is 2.66. The molecular formula is C11H14ClN3O2. The van der Waals surface area contributed by atoms with E-state index in [2.05, 4.69) is 9.97 Å². The number of carboxylic acids is 1. The van der Waals surface area contributed by atoms with Gasteiger partial charge < -0.3 is 10.0 Å². The maximum Gasteiger partial charge on any atom is 0.308 e. The molecule has 5 nitrogen and oxygen atoms in total. The van der Waals surface area contributed by atoms with E-state index in [0.717, 1.165) is 18.5 Å². The molecule has 2 heterocycles. The molecule has 0 amide bonds. The maximum absolute atomic E-state index is 11.0. The van der Waals surface area contributed by atoms with Crippen molar-refractivity contribution in [3.05, 3.63) is 16.9 Å². The molecule has 0 spiro atoms. The number of aliphatic carboxylic acids is 1. The molecule has 1 aliphatic rings. The van der Waals surface area contributed by atoms with Gasteiger partial charge in [0.1, 0.15) is 5.15 Å². The van der Waals surface area contributed by atoms with Gasteiger partial charge in [-0.1, -0.05) is 11.6 Å². The van der Waals surface area contributed by atoms with Crippen molar-refractivity contribution in [2.45, 2.75) is 19.8 Å². The summed E-state index contributed by atoms with van der Waals surface area (Å²) in [6.45, 7) is 3.07. The Morgan fingerprint density at radius 1 is 1.65 bits per heavy atom. The van der Waals surface area contributed by atoms with Gasteiger partial charge in [-0.25, -0.2) is 9.97 Å². The monoisotopic (exact) mass is 255 g/mol. The number of hydrogen-bond donors (Lipinski definition) is 1. The Morgan fingerprint density at radius 2 is 2.41 bits per heavy atom. The van der Waals surface area contributed by atoms with Crippen molar-refractivity contribution in [2.75, 3.05) is 18.0 Å². The summed E-state index contributed by atoms with van der Waals surface area (Å²) in [5, 5.41) is 9.43. The summed E-state index contributed by atoms with van der Waals surface area (Å²) in [5.74, 6) is -0.577. The summed E-state index contributed by atoms with van der Waals surface area (Å²) < 4.78 is 0. The van der Waals surface area contributed by atoms with Crippen LogP contribution in [0.25, 0.3) is 0 Å². The highest BCUT2D eigenvalue weighted by Crippen LogP contribution is 2.22. The van der Waals surface area contributed by atoms with Crippen LogP contribution in [0.5, 0.6) is 0 Å². The van der Waals surface area contributed by atoms with Gasteiger partial charge in [-0.2, -0.15) is 0 Å². The van der Waals surface area contributed by atoms with Crippen molar-refractivity contribution in [1.29, 1.82) is 0 Å². The van der Waals surface area contributed by atoms with Crippen LogP contribution in [-0.4, -0.2) is 34.1 Å². The van der Waals surface area contributed by atoms with Gasteiger partial charge >= 0.3 is 5.97 Å². The Hall–Kier alpha value is -1.36. The molecule has 92 valence electrons. The highest BCUT2D eigenvalue weighted by molar-refractivity contribution is 6.30. The summed E-state index contributed by atoms with van der Waals surface area (Å²) in [7, 11) is 0. The van der Waals surface area contributed by atoms with Crippen LogP contribution < -0.4 is 4.90 Å². The van der Waals surface area contributed by atoms with Crippen molar-refractivity contribution >= 4 is 23.5 Å². The highest BCUT2D eigenvalue weighted by atomic mass is 35.5. The van der Waals surface area contributed by atoms with Gasteiger partial charge in [0, 0.05) is 24.8 Å². The van der Waals surface area contributed by atoms with Crippen molar-refractivity contribution in [3.8, 4) is 0 Å². The van der Waals surface area contributed by atoms with Gasteiger partial charge in [0.15, 0.2) is 0 Å². The molecule has 1 fully saturated rings. The molecule has 0 bridgehead atoms.